The van der Waals surface area contributed by atoms with Gasteiger partial charge in [-0.3, -0.25) is 0 Å². The van der Waals surface area contributed by atoms with Crippen molar-refractivity contribution in [1.29, 1.82) is 0 Å². The molecule has 6 aromatic rings. The number of nitrogens with zero attached hydrogens (tertiary/aromatic N) is 2. The summed E-state index contributed by atoms with van der Waals surface area (Å²) in [6.07, 6.45) is 32.2. The van der Waals surface area contributed by atoms with Gasteiger partial charge in [-0.25, -0.2) is 0 Å². The van der Waals surface area contributed by atoms with Gasteiger partial charge in [0.05, 0.1) is 6.04 Å². The van der Waals surface area contributed by atoms with Crippen LogP contribution in [0.3, 0.4) is 0 Å². The van der Waals surface area contributed by atoms with Crippen molar-refractivity contribution in [3.05, 3.63) is 264 Å². The van der Waals surface area contributed by atoms with Crippen LogP contribution < -0.4 is 9.80 Å². The molecule has 2 heteroatoms. The third-order valence-electron chi connectivity index (χ3n) is 12.7. The molecule has 0 saturated carbocycles. The van der Waals surface area contributed by atoms with Crippen molar-refractivity contribution in [1.82, 2.24) is 0 Å². The molecule has 0 aliphatic heterocycles. The van der Waals surface area contributed by atoms with Crippen LogP contribution in [0.1, 0.15) is 55.6 Å². The van der Waals surface area contributed by atoms with Gasteiger partial charge in [0.2, 0.25) is 0 Å². The van der Waals surface area contributed by atoms with Crippen LogP contribution in [0, 0.1) is 0 Å². The highest BCUT2D eigenvalue weighted by molar-refractivity contribution is 5.79. The summed E-state index contributed by atoms with van der Waals surface area (Å²) in [4.78, 5) is 4.98. The predicted molar refractivity (Wildman–Crippen MR) is 263 cm³/mol. The Balaban J connectivity index is 0.912. The average Bonchev–Trinajstić information content (AvgIpc) is 3.36. The topological polar surface area (TPSA) is 6.48 Å². The molecule has 302 valence electrons. The zero-order valence-corrected chi connectivity index (χ0v) is 35.2. The Labute approximate surface area is 367 Å². The van der Waals surface area contributed by atoms with E-state index < -0.39 is 0 Å². The summed E-state index contributed by atoms with van der Waals surface area (Å²) in [6.45, 7) is 0. The Morgan fingerprint density at radius 1 is 0.419 bits per heavy atom. The number of allylic oxidation sites excluding steroid dienone is 13. The molecule has 0 radical (unpaired) electrons. The second-order valence-corrected chi connectivity index (χ2v) is 16.6. The molecule has 4 aliphatic carbocycles. The molecule has 2 atom stereocenters. The lowest BCUT2D eigenvalue weighted by atomic mass is 9.90. The highest BCUT2D eigenvalue weighted by Crippen LogP contribution is 2.39. The average molecular weight is 801 g/mol. The van der Waals surface area contributed by atoms with E-state index in [0.717, 1.165) is 38.5 Å². The maximum absolute atomic E-state index is 2.49. The Kier molecular flexibility index (Phi) is 11.5. The van der Waals surface area contributed by atoms with E-state index in [1.807, 2.05) is 0 Å². The minimum absolute atomic E-state index is 0.166. The van der Waals surface area contributed by atoms with Crippen LogP contribution in [0.25, 0.3) is 27.8 Å². The van der Waals surface area contributed by atoms with Gasteiger partial charge in [0.25, 0.3) is 0 Å². The van der Waals surface area contributed by atoms with E-state index in [2.05, 4.69) is 240 Å². The van der Waals surface area contributed by atoms with Crippen LogP contribution in [0.4, 0.5) is 17.1 Å². The molecule has 0 aromatic heterocycles. The SMILES string of the molecule is C1=CC(C2=CC=C(N(C3=CCC(c4ccccc4)C=C3)c3ccc(C4=CCC(N(c5ccc(-c6ccccc6)cc5)c5ccc(-c6ccccc6)cc5)C=C4)cc3)CC2)=CCC1. The minimum Gasteiger partial charge on any atom is -0.334 e. The van der Waals surface area contributed by atoms with E-state index in [1.54, 1.807) is 0 Å². The summed E-state index contributed by atoms with van der Waals surface area (Å²) in [7, 11) is 0. The molecule has 0 N–H and O–H groups in total. The van der Waals surface area contributed by atoms with E-state index in [1.165, 1.54) is 78.6 Å². The minimum atomic E-state index is 0.166. The zero-order chi connectivity index (χ0) is 41.5. The third kappa shape index (κ3) is 8.55. The van der Waals surface area contributed by atoms with Gasteiger partial charge in [-0.05, 0) is 137 Å². The zero-order valence-electron chi connectivity index (χ0n) is 35.2. The van der Waals surface area contributed by atoms with Gasteiger partial charge in [0.15, 0.2) is 0 Å². The lowest BCUT2D eigenvalue weighted by Gasteiger charge is -2.34. The molecule has 62 heavy (non-hydrogen) atoms. The van der Waals surface area contributed by atoms with Crippen molar-refractivity contribution in [2.24, 2.45) is 0 Å². The fourth-order valence-electron chi connectivity index (χ4n) is 9.35. The van der Waals surface area contributed by atoms with Gasteiger partial charge in [-0.15, -0.1) is 0 Å². The second-order valence-electron chi connectivity index (χ2n) is 16.6. The predicted octanol–water partition coefficient (Wildman–Crippen LogP) is 15.9. The molecule has 0 bridgehead atoms. The third-order valence-corrected chi connectivity index (χ3v) is 12.7. The van der Waals surface area contributed by atoms with Crippen LogP contribution in [0.15, 0.2) is 253 Å². The largest absolute Gasteiger partial charge is 0.334 e. The number of hydrogen-bond donors (Lipinski definition) is 0. The molecule has 2 nitrogen and oxygen atoms in total. The Hall–Kier alpha value is -7.16. The van der Waals surface area contributed by atoms with Gasteiger partial charge >= 0.3 is 0 Å². The van der Waals surface area contributed by atoms with Crippen molar-refractivity contribution >= 4 is 22.6 Å². The quantitative estimate of drug-likeness (QED) is 0.129. The van der Waals surface area contributed by atoms with E-state index in [-0.39, 0.29) is 6.04 Å². The van der Waals surface area contributed by atoms with Crippen molar-refractivity contribution in [2.45, 2.75) is 50.5 Å². The van der Waals surface area contributed by atoms with E-state index in [9.17, 15) is 0 Å². The first-order chi connectivity index (χ1) is 30.7. The molecular formula is C60H52N2. The first kappa shape index (κ1) is 39.0. The summed E-state index contributed by atoms with van der Waals surface area (Å²) in [6, 6.07) is 59.6. The molecular weight excluding hydrogens is 749 g/mol. The van der Waals surface area contributed by atoms with Gasteiger partial charge in [-0.1, -0.05) is 182 Å². The molecule has 0 spiro atoms. The van der Waals surface area contributed by atoms with Gasteiger partial charge in [0, 0.05) is 34.4 Å². The normalized spacial score (nSPS) is 18.2. The fraction of sp³-hybridized carbons (Fsp3) is 0.133. The molecule has 4 aliphatic rings. The number of anilines is 3. The van der Waals surface area contributed by atoms with Crippen LogP contribution in [0.2, 0.25) is 0 Å². The summed E-state index contributed by atoms with van der Waals surface area (Å²) in [5, 5.41) is 0. The molecule has 10 rings (SSSR count). The summed E-state index contributed by atoms with van der Waals surface area (Å²) < 4.78 is 0. The van der Waals surface area contributed by atoms with Crippen LogP contribution in [0.5, 0.6) is 0 Å². The smallest absolute Gasteiger partial charge is 0.0560 e. The standard InChI is InChI=1S/C60H52N2/c1-5-13-45(14-6-1)49-21-33-55(34-22-49)61(56-35-23-50(24-36-56)46-15-7-2-8-16-46)59-41-29-53(30-42-59)54-31-43-60(44-32-54)62(57-37-25-51(26-38-57)47-17-9-3-10-18-47)58-39-27-52(28-40-58)48-19-11-4-12-20-48/h1-3,5-11,13-25,27,29-39,41,43-44,51,59H,4,12,26,28,40,42H2. The maximum Gasteiger partial charge on any atom is 0.0560 e. The highest BCUT2D eigenvalue weighted by atomic mass is 15.2. The number of rotatable bonds is 11. The van der Waals surface area contributed by atoms with Gasteiger partial charge in [-0.2, -0.15) is 0 Å². The molecule has 2 unspecified atom stereocenters. The number of benzene rings is 6. The van der Waals surface area contributed by atoms with Crippen molar-refractivity contribution in [2.75, 3.05) is 9.80 Å². The van der Waals surface area contributed by atoms with E-state index in [4.69, 9.17) is 0 Å². The fourth-order valence-corrected chi connectivity index (χ4v) is 9.35. The molecule has 0 fully saturated rings. The lowest BCUT2D eigenvalue weighted by molar-refractivity contribution is 0.787. The van der Waals surface area contributed by atoms with Crippen LogP contribution >= 0.6 is 0 Å². The summed E-state index contributed by atoms with van der Waals surface area (Å²) >= 11 is 0. The Morgan fingerprint density at radius 2 is 1.02 bits per heavy atom. The highest BCUT2D eigenvalue weighted by Gasteiger charge is 2.24. The molecule has 0 amide bonds. The van der Waals surface area contributed by atoms with E-state index in [0.29, 0.717) is 5.92 Å². The van der Waals surface area contributed by atoms with Crippen LogP contribution in [-0.2, 0) is 0 Å². The summed E-state index contributed by atoms with van der Waals surface area (Å²) in [5.74, 6) is 0.396. The Bertz CT molecular complexity index is 2660. The lowest BCUT2D eigenvalue weighted by Crippen LogP contribution is -2.30. The van der Waals surface area contributed by atoms with Crippen molar-refractivity contribution in [3.63, 3.8) is 0 Å². The maximum atomic E-state index is 2.49. The monoisotopic (exact) mass is 800 g/mol. The van der Waals surface area contributed by atoms with Gasteiger partial charge in [0.1, 0.15) is 0 Å². The Morgan fingerprint density at radius 3 is 1.55 bits per heavy atom. The van der Waals surface area contributed by atoms with Crippen LogP contribution in [-0.4, -0.2) is 6.04 Å². The molecule has 0 heterocycles. The van der Waals surface area contributed by atoms with Crippen molar-refractivity contribution < 1.29 is 0 Å². The second kappa shape index (κ2) is 18.2. The summed E-state index contributed by atoms with van der Waals surface area (Å²) in [5.41, 5.74) is 17.8. The molecule has 6 aromatic carbocycles. The van der Waals surface area contributed by atoms with E-state index >= 15 is 0 Å². The van der Waals surface area contributed by atoms with Crippen molar-refractivity contribution in [3.8, 4) is 22.3 Å². The first-order valence-corrected chi connectivity index (χ1v) is 22.3. The molecule has 0 saturated heterocycles. The first-order valence-electron chi connectivity index (χ1n) is 22.3. The number of hydrogen-bond acceptors (Lipinski definition) is 2. The van der Waals surface area contributed by atoms with Gasteiger partial charge < -0.3 is 9.80 Å².